The van der Waals surface area contributed by atoms with Crippen molar-refractivity contribution in [3.05, 3.63) is 53.6 Å². The number of ether oxygens (including phenoxy) is 1. The zero-order valence-corrected chi connectivity index (χ0v) is 10.3. The number of methoxy groups -OCH3 is 1. The molecule has 3 heteroatoms. The van der Waals surface area contributed by atoms with E-state index in [1.807, 2.05) is 42.5 Å². The van der Waals surface area contributed by atoms with Crippen LogP contribution < -0.4 is 4.74 Å². The molecule has 3 nitrogen and oxygen atoms in total. The molecular formula is C15H16O3. The van der Waals surface area contributed by atoms with Crippen molar-refractivity contribution in [3.63, 3.8) is 0 Å². The molecule has 0 fully saturated rings. The van der Waals surface area contributed by atoms with Crippen molar-refractivity contribution in [2.24, 2.45) is 0 Å². The van der Waals surface area contributed by atoms with Gasteiger partial charge in [-0.1, -0.05) is 30.3 Å². The Kier molecular flexibility index (Phi) is 3.97. The predicted molar refractivity (Wildman–Crippen MR) is 70.3 cm³/mol. The molecule has 2 aromatic carbocycles. The van der Waals surface area contributed by atoms with Crippen LogP contribution in [0.5, 0.6) is 5.75 Å². The van der Waals surface area contributed by atoms with E-state index in [4.69, 9.17) is 4.74 Å². The zero-order valence-electron chi connectivity index (χ0n) is 10.3. The van der Waals surface area contributed by atoms with E-state index in [-0.39, 0.29) is 13.2 Å². The Morgan fingerprint density at radius 3 is 2.22 bits per heavy atom. The SMILES string of the molecule is COc1ccc(-c2cccc(CO)c2CO)cc1. The van der Waals surface area contributed by atoms with Crippen molar-refractivity contribution in [2.75, 3.05) is 7.11 Å². The van der Waals surface area contributed by atoms with Crippen LogP contribution in [-0.4, -0.2) is 17.3 Å². The van der Waals surface area contributed by atoms with Gasteiger partial charge in [0.15, 0.2) is 0 Å². The summed E-state index contributed by atoms with van der Waals surface area (Å²) < 4.78 is 5.12. The number of aliphatic hydroxyl groups is 2. The molecule has 0 radical (unpaired) electrons. The van der Waals surface area contributed by atoms with Gasteiger partial charge in [-0.05, 0) is 34.4 Å². The van der Waals surface area contributed by atoms with E-state index >= 15 is 0 Å². The first-order chi connectivity index (χ1) is 8.80. The van der Waals surface area contributed by atoms with Gasteiger partial charge in [-0.25, -0.2) is 0 Å². The van der Waals surface area contributed by atoms with Crippen molar-refractivity contribution < 1.29 is 14.9 Å². The molecule has 0 amide bonds. The van der Waals surface area contributed by atoms with Gasteiger partial charge in [-0.3, -0.25) is 0 Å². The second-order valence-electron chi connectivity index (χ2n) is 3.99. The Morgan fingerprint density at radius 2 is 1.67 bits per heavy atom. The molecule has 0 aromatic heterocycles. The Hall–Kier alpha value is -1.84. The lowest BCUT2D eigenvalue weighted by Gasteiger charge is -2.12. The zero-order chi connectivity index (χ0) is 13.0. The number of rotatable bonds is 4. The van der Waals surface area contributed by atoms with Crippen molar-refractivity contribution in [1.29, 1.82) is 0 Å². The molecule has 0 spiro atoms. The largest absolute Gasteiger partial charge is 0.497 e. The number of benzene rings is 2. The monoisotopic (exact) mass is 244 g/mol. The molecule has 2 aromatic rings. The number of hydrogen-bond donors (Lipinski definition) is 2. The van der Waals surface area contributed by atoms with Gasteiger partial charge in [-0.15, -0.1) is 0 Å². The first-order valence-corrected chi connectivity index (χ1v) is 5.77. The Bertz CT molecular complexity index is 518. The Morgan fingerprint density at radius 1 is 0.944 bits per heavy atom. The maximum atomic E-state index is 9.46. The molecule has 0 aliphatic rings. The third kappa shape index (κ3) is 2.37. The highest BCUT2D eigenvalue weighted by atomic mass is 16.5. The first kappa shape index (κ1) is 12.6. The maximum Gasteiger partial charge on any atom is 0.118 e. The van der Waals surface area contributed by atoms with Crippen LogP contribution in [0, 0.1) is 0 Å². The van der Waals surface area contributed by atoms with Crippen molar-refractivity contribution in [3.8, 4) is 16.9 Å². The predicted octanol–water partition coefficient (Wildman–Crippen LogP) is 2.35. The smallest absolute Gasteiger partial charge is 0.118 e. The van der Waals surface area contributed by atoms with Crippen LogP contribution in [0.1, 0.15) is 11.1 Å². The second-order valence-corrected chi connectivity index (χ2v) is 3.99. The summed E-state index contributed by atoms with van der Waals surface area (Å²) in [7, 11) is 1.63. The summed E-state index contributed by atoms with van der Waals surface area (Å²) in [6, 6.07) is 13.3. The molecule has 0 bridgehead atoms. The lowest BCUT2D eigenvalue weighted by atomic mass is 9.96. The summed E-state index contributed by atoms with van der Waals surface area (Å²) in [4.78, 5) is 0. The molecule has 0 heterocycles. The molecular weight excluding hydrogens is 228 g/mol. The molecule has 0 aliphatic carbocycles. The van der Waals surface area contributed by atoms with Gasteiger partial charge in [0.1, 0.15) is 5.75 Å². The fraction of sp³-hybridized carbons (Fsp3) is 0.200. The van der Waals surface area contributed by atoms with E-state index in [2.05, 4.69) is 0 Å². The Balaban J connectivity index is 2.48. The normalized spacial score (nSPS) is 10.4. The number of hydrogen-bond acceptors (Lipinski definition) is 3. The average molecular weight is 244 g/mol. The summed E-state index contributed by atoms with van der Waals surface area (Å²) >= 11 is 0. The van der Waals surface area contributed by atoms with E-state index < -0.39 is 0 Å². The van der Waals surface area contributed by atoms with Crippen LogP contribution in [-0.2, 0) is 13.2 Å². The van der Waals surface area contributed by atoms with Crippen LogP contribution in [0.2, 0.25) is 0 Å². The molecule has 0 saturated carbocycles. The standard InChI is InChI=1S/C15H16O3/c1-18-13-7-5-11(6-8-13)14-4-2-3-12(9-16)15(14)10-17/h2-8,16-17H,9-10H2,1H3. The molecule has 0 aliphatic heterocycles. The van der Waals surface area contributed by atoms with Crippen LogP contribution in [0.3, 0.4) is 0 Å². The van der Waals surface area contributed by atoms with E-state index in [0.717, 1.165) is 28.0 Å². The van der Waals surface area contributed by atoms with E-state index in [0.29, 0.717) is 0 Å². The molecule has 0 atom stereocenters. The fourth-order valence-electron chi connectivity index (χ4n) is 2.01. The lowest BCUT2D eigenvalue weighted by Crippen LogP contribution is -1.97. The van der Waals surface area contributed by atoms with Gasteiger partial charge < -0.3 is 14.9 Å². The minimum Gasteiger partial charge on any atom is -0.497 e. The summed E-state index contributed by atoms with van der Waals surface area (Å²) in [5.74, 6) is 0.794. The van der Waals surface area contributed by atoms with Crippen molar-refractivity contribution in [2.45, 2.75) is 13.2 Å². The molecule has 2 rings (SSSR count). The summed E-state index contributed by atoms with van der Waals surface area (Å²) in [5, 5.41) is 18.7. The van der Waals surface area contributed by atoms with Gasteiger partial charge in [-0.2, -0.15) is 0 Å². The highest BCUT2D eigenvalue weighted by molar-refractivity contribution is 5.69. The van der Waals surface area contributed by atoms with Crippen molar-refractivity contribution in [1.82, 2.24) is 0 Å². The average Bonchev–Trinajstić information content (AvgIpc) is 2.46. The minimum atomic E-state index is -0.0852. The summed E-state index contributed by atoms with van der Waals surface area (Å²) in [5.41, 5.74) is 3.46. The quantitative estimate of drug-likeness (QED) is 0.868. The second kappa shape index (κ2) is 5.67. The number of aliphatic hydroxyl groups excluding tert-OH is 2. The van der Waals surface area contributed by atoms with Crippen molar-refractivity contribution >= 4 is 0 Å². The van der Waals surface area contributed by atoms with Gasteiger partial charge in [0, 0.05) is 0 Å². The molecule has 18 heavy (non-hydrogen) atoms. The van der Waals surface area contributed by atoms with E-state index in [1.165, 1.54) is 0 Å². The maximum absolute atomic E-state index is 9.46. The highest BCUT2D eigenvalue weighted by Gasteiger charge is 2.08. The summed E-state index contributed by atoms with van der Waals surface area (Å²) in [6.45, 7) is -0.155. The molecule has 0 saturated heterocycles. The lowest BCUT2D eigenvalue weighted by molar-refractivity contribution is 0.260. The van der Waals surface area contributed by atoms with Gasteiger partial charge >= 0.3 is 0 Å². The minimum absolute atomic E-state index is 0.0696. The Labute approximate surface area is 106 Å². The molecule has 0 unspecified atom stereocenters. The van der Waals surface area contributed by atoms with Gasteiger partial charge in [0.25, 0.3) is 0 Å². The third-order valence-corrected chi connectivity index (χ3v) is 3.00. The first-order valence-electron chi connectivity index (χ1n) is 5.77. The molecule has 2 N–H and O–H groups in total. The van der Waals surface area contributed by atoms with Crippen LogP contribution in [0.15, 0.2) is 42.5 Å². The van der Waals surface area contributed by atoms with E-state index in [9.17, 15) is 10.2 Å². The summed E-state index contributed by atoms with van der Waals surface area (Å²) in [6.07, 6.45) is 0. The third-order valence-electron chi connectivity index (χ3n) is 3.00. The van der Waals surface area contributed by atoms with Gasteiger partial charge in [0.2, 0.25) is 0 Å². The van der Waals surface area contributed by atoms with E-state index in [1.54, 1.807) is 7.11 Å². The van der Waals surface area contributed by atoms with Crippen LogP contribution in [0.25, 0.3) is 11.1 Å². The molecule has 94 valence electrons. The van der Waals surface area contributed by atoms with Gasteiger partial charge in [0.05, 0.1) is 20.3 Å². The highest BCUT2D eigenvalue weighted by Crippen LogP contribution is 2.28. The fourth-order valence-corrected chi connectivity index (χ4v) is 2.01. The topological polar surface area (TPSA) is 49.7 Å². The van der Waals surface area contributed by atoms with Crippen LogP contribution in [0.4, 0.5) is 0 Å². The van der Waals surface area contributed by atoms with Crippen LogP contribution >= 0.6 is 0 Å².